The number of H-pyrrole nitrogens is 1. The number of pyridine rings is 10. The number of fused-ring (bicyclic) bond motifs is 9. The van der Waals surface area contributed by atoms with E-state index in [-0.39, 0.29) is 65.7 Å². The van der Waals surface area contributed by atoms with E-state index in [2.05, 4.69) is 125 Å². The number of imidazole rings is 2. The Labute approximate surface area is 706 Å². The second-order valence-corrected chi connectivity index (χ2v) is 31.8. The van der Waals surface area contributed by atoms with Crippen molar-refractivity contribution in [1.29, 1.82) is 0 Å². The summed E-state index contributed by atoms with van der Waals surface area (Å²) in [5.74, 6) is -1.94. The van der Waals surface area contributed by atoms with Gasteiger partial charge in [0.05, 0.1) is 97.2 Å². The maximum atomic E-state index is 12.8. The maximum absolute atomic E-state index is 12.8. The maximum Gasteiger partial charge on any atom is 0.341 e. The zero-order chi connectivity index (χ0) is 82.6. The fourth-order valence-corrected chi connectivity index (χ4v) is 15.7. The number of carboxylic acid groups (broad SMARTS) is 1. The Morgan fingerprint density at radius 3 is 1.23 bits per heavy atom. The predicted molar refractivity (Wildman–Crippen MR) is 465 cm³/mol. The molecule has 0 spiro atoms. The summed E-state index contributed by atoms with van der Waals surface area (Å²) < 4.78 is 15.4. The fourth-order valence-electron chi connectivity index (χ4n) is 14.7. The average Bonchev–Trinajstić information content (AvgIpc) is 1.60. The summed E-state index contributed by atoms with van der Waals surface area (Å²) in [4.78, 5) is 118. The largest absolute Gasteiger partial charge is 0.478 e. The van der Waals surface area contributed by atoms with Crippen LogP contribution in [0.4, 0.5) is 11.4 Å². The Morgan fingerprint density at radius 1 is 0.453 bits per heavy atom. The summed E-state index contributed by atoms with van der Waals surface area (Å²) >= 11 is 36.0. The third-order valence-electron chi connectivity index (χ3n) is 21.3. The van der Waals surface area contributed by atoms with E-state index in [0.29, 0.717) is 105 Å². The van der Waals surface area contributed by atoms with Gasteiger partial charge in [-0.3, -0.25) is 38.6 Å². The summed E-state index contributed by atoms with van der Waals surface area (Å²) in [5, 5.41) is 18.3. The molecule has 0 bridgehead atoms. The molecule has 0 radical (unpaired) electrons. The molecule has 0 unspecified atom stereocenters. The lowest BCUT2D eigenvalue weighted by Crippen LogP contribution is -2.37. The first kappa shape index (κ1) is 88.7. The number of aromatic carboxylic acids is 1. The number of rotatable bonds is 11. The van der Waals surface area contributed by atoms with Crippen LogP contribution in [0.2, 0.25) is 30.8 Å². The molecule has 0 atom stereocenters. The van der Waals surface area contributed by atoms with Crippen molar-refractivity contribution in [2.45, 2.75) is 116 Å². The van der Waals surface area contributed by atoms with Crippen LogP contribution in [0.3, 0.4) is 0 Å². The van der Waals surface area contributed by atoms with Crippen molar-refractivity contribution >= 4 is 176 Å². The van der Waals surface area contributed by atoms with Gasteiger partial charge in [0, 0.05) is 55.8 Å². The normalized spacial score (nSPS) is 16.5. The third-order valence-corrected chi connectivity index (χ3v) is 22.7. The Hall–Kier alpha value is -9.15. The Kier molecular flexibility index (Phi) is 30.7. The molecule has 5 aliphatic rings. The van der Waals surface area contributed by atoms with E-state index in [1.54, 1.807) is 92.6 Å². The Bertz CT molecular complexity index is 5630. The molecule has 6 N–H and O–H groups in total. The SMILES string of the molecule is C.CCOC(=O)c1cnc2ccc(Cl)nc2c1Cl.CCOC(=O)c1cnc2ccc(Cl)nc2c1NC1CCN(C)CC1.CN1CCC(N)CC1.CN1CCC(Nc2c(C(=O)O)cnc3ccc(Cl)nc23)CC1.CN1CCC(n2c(=O)[nH]c3cnc4ccc(Cl)nc4c32)CC1.CN1CCC(n2c(=O)n(C)c3cnc4ccc(Cl)nc4c32)CC1. The number of nitrogens with two attached hydrogens (primary N) is 1. The first-order valence-electron chi connectivity index (χ1n) is 38.6. The zero-order valence-electron chi connectivity index (χ0n) is 65.8. The molecular formula is C81H98Cl6N22O8. The minimum absolute atomic E-state index is 0. The number of ether oxygens (including phenoxy) is 2. The zero-order valence-corrected chi connectivity index (χ0v) is 70.3. The Morgan fingerprint density at radius 2 is 0.795 bits per heavy atom. The van der Waals surface area contributed by atoms with Gasteiger partial charge in [0.25, 0.3) is 0 Å². The first-order chi connectivity index (χ1) is 55.7. The molecule has 0 amide bonds. The van der Waals surface area contributed by atoms with Gasteiger partial charge in [-0.2, -0.15) is 0 Å². The van der Waals surface area contributed by atoms with E-state index in [1.165, 1.54) is 38.3 Å². The van der Waals surface area contributed by atoms with Crippen LogP contribution in [-0.2, 0) is 16.5 Å². The van der Waals surface area contributed by atoms with Gasteiger partial charge in [0.2, 0.25) is 0 Å². The molecule has 17 heterocycles. The van der Waals surface area contributed by atoms with Crippen molar-refractivity contribution in [2.24, 2.45) is 12.8 Å². The molecule has 117 heavy (non-hydrogen) atoms. The number of hydrogen-bond acceptors (Lipinski definition) is 25. The lowest BCUT2D eigenvalue weighted by Gasteiger charge is -2.30. The number of halogens is 6. The number of likely N-dealkylation sites (tertiary alicyclic amines) is 5. The molecule has 5 saturated heterocycles. The van der Waals surface area contributed by atoms with Gasteiger partial charge in [-0.25, -0.2) is 48.9 Å². The molecule has 17 rings (SSSR count). The minimum atomic E-state index is -1.02. The smallest absolute Gasteiger partial charge is 0.341 e. The molecule has 36 heteroatoms. The second kappa shape index (κ2) is 40.5. The van der Waals surface area contributed by atoms with Crippen molar-refractivity contribution < 1.29 is 29.0 Å². The average molecular weight is 1720 g/mol. The molecule has 0 saturated carbocycles. The molecule has 5 aliphatic heterocycles. The van der Waals surface area contributed by atoms with Crippen LogP contribution >= 0.6 is 69.6 Å². The highest BCUT2D eigenvalue weighted by atomic mass is 35.5. The van der Waals surface area contributed by atoms with Crippen LogP contribution in [0.5, 0.6) is 0 Å². The van der Waals surface area contributed by atoms with Crippen molar-refractivity contribution in [1.82, 2.24) is 93.0 Å². The number of aryl methyl sites for hydroxylation is 1. The van der Waals surface area contributed by atoms with E-state index < -0.39 is 17.9 Å². The number of carbonyl (C=O) groups excluding carboxylic acids is 2. The highest BCUT2D eigenvalue weighted by Gasteiger charge is 2.30. The molecule has 0 aromatic carbocycles. The molecule has 622 valence electrons. The van der Waals surface area contributed by atoms with Gasteiger partial charge >= 0.3 is 29.3 Å². The lowest BCUT2D eigenvalue weighted by atomic mass is 10.0. The van der Waals surface area contributed by atoms with E-state index in [4.69, 9.17) is 84.8 Å². The quantitative estimate of drug-likeness (QED) is 0.0593. The molecule has 30 nitrogen and oxygen atoms in total. The van der Waals surface area contributed by atoms with Crippen molar-refractivity contribution in [2.75, 3.05) is 125 Å². The minimum Gasteiger partial charge on any atom is -0.478 e. The summed E-state index contributed by atoms with van der Waals surface area (Å²) in [6, 6.07) is 18.7. The summed E-state index contributed by atoms with van der Waals surface area (Å²) in [6.45, 7) is 14.4. The van der Waals surface area contributed by atoms with E-state index in [9.17, 15) is 29.1 Å². The van der Waals surface area contributed by atoms with Crippen LogP contribution in [0.1, 0.15) is 129 Å². The van der Waals surface area contributed by atoms with Crippen molar-refractivity contribution in [3.63, 3.8) is 0 Å². The molecule has 12 aromatic rings. The van der Waals surface area contributed by atoms with Crippen LogP contribution < -0.4 is 27.7 Å². The first-order valence-corrected chi connectivity index (χ1v) is 40.9. The number of esters is 2. The van der Waals surface area contributed by atoms with E-state index >= 15 is 0 Å². The third kappa shape index (κ3) is 21.7. The molecular weight excluding hydrogens is 1620 g/mol. The highest BCUT2D eigenvalue weighted by Crippen LogP contribution is 2.35. The number of aromatic nitrogens is 14. The van der Waals surface area contributed by atoms with Crippen LogP contribution in [0, 0.1) is 0 Å². The van der Waals surface area contributed by atoms with Gasteiger partial charge < -0.3 is 60.4 Å². The number of carbonyl (C=O) groups is 3. The molecule has 5 fully saturated rings. The number of carboxylic acids is 1. The number of piperidine rings is 5. The number of nitrogens with zero attached hydrogens (tertiary/aromatic N) is 18. The number of aromatic amines is 1. The van der Waals surface area contributed by atoms with Crippen molar-refractivity contribution in [3.05, 3.63) is 160 Å². The Balaban J connectivity index is 0.000000140. The summed E-state index contributed by atoms with van der Waals surface area (Å²) in [7, 11) is 12.4. The second-order valence-electron chi connectivity index (χ2n) is 29.5. The van der Waals surface area contributed by atoms with Gasteiger partial charge in [-0.05, 0) is 239 Å². The number of nitrogens with one attached hydrogen (secondary N) is 3. The van der Waals surface area contributed by atoms with Gasteiger partial charge in [0.15, 0.2) is 0 Å². The topological polar surface area (TPSA) is 350 Å². The number of anilines is 2. The molecule has 12 aromatic heterocycles. The van der Waals surface area contributed by atoms with Crippen LogP contribution in [0.25, 0.3) is 77.2 Å². The lowest BCUT2D eigenvalue weighted by molar-refractivity contribution is 0.0517. The number of hydrogen-bond donors (Lipinski definition) is 5. The van der Waals surface area contributed by atoms with Crippen LogP contribution in [0.15, 0.2) is 101 Å². The molecule has 0 aliphatic carbocycles. The monoisotopic (exact) mass is 1720 g/mol. The highest BCUT2D eigenvalue weighted by molar-refractivity contribution is 6.38. The van der Waals surface area contributed by atoms with E-state index in [1.807, 2.05) is 21.3 Å². The summed E-state index contributed by atoms with van der Waals surface area (Å²) in [6.07, 6.45) is 17.8. The van der Waals surface area contributed by atoms with Gasteiger partial charge in [-0.15, -0.1) is 0 Å². The van der Waals surface area contributed by atoms with Gasteiger partial charge in [0.1, 0.15) is 64.5 Å². The fraction of sp³-hybridized carbons (Fsp3) is 0.444. The van der Waals surface area contributed by atoms with E-state index in [0.717, 1.165) is 131 Å². The predicted octanol–water partition coefficient (Wildman–Crippen LogP) is 13.6. The van der Waals surface area contributed by atoms with Crippen molar-refractivity contribution in [3.8, 4) is 0 Å². The summed E-state index contributed by atoms with van der Waals surface area (Å²) in [5.41, 5.74) is 16.9. The van der Waals surface area contributed by atoms with Crippen LogP contribution in [-0.4, -0.2) is 248 Å². The van der Waals surface area contributed by atoms with Gasteiger partial charge in [-0.1, -0.05) is 77.0 Å². The standard InChI is InChI=1S/C17H21ClN4O2.C16H18ClN5O.C15H16ClN5O.C15H17ClN4O2.C11H8Cl2N2O2.C6H14N2.CH4/c1-3-24-17(23)12-10-19-13-4-5-14(18)21-16(13)15(12)20-11-6-8-22(2)9-7-11;1-20-7-5-10(6-8-20)22-15-12(21(2)16(22)23)9-18-11-3-4-13(17)19-14(11)15;1-20-6-4-9(5-7-20)21-14-11(18-15(21)22)8-17-10-2-3-12(16)19-13(10)14;1-20-6-4-9(5-7-20)18-13-10(15(21)22)8-17-11-2-3-12(16)19-14(11)13;1-2-17-11(16)6-5-14-7-3-4-8(12)15-10(7)9(6)13;1-8-4-2-6(7)3-5-8;/h4-5,10-11H,3,6-9H2,1-2H3,(H,19,20);3-4,9-10H,5-8H2,1-2H3;2-3,8-9H,4-7H2,1H3,(H,18,22);2-3,8-9H,4-7H2,1H3,(H,17,18)(H,21,22);3-5H,2H2,1H3;6H,2-5,7H2,1H3;1H4.